The molecule has 15 heteroatoms. The van der Waals surface area contributed by atoms with Gasteiger partial charge in [0.1, 0.15) is 31.6 Å². The highest BCUT2D eigenvalue weighted by Gasteiger charge is 2.50. The molecule has 2 rings (SSSR count). The summed E-state index contributed by atoms with van der Waals surface area (Å²) in [6.45, 7) is 13.9. The Kier molecular flexibility index (Phi) is 43.4. The Balaban J connectivity index is 2.41. The number of nitrogens with one attached hydrogen (secondary N) is 1. The zero-order chi connectivity index (χ0) is 58.5. The minimum atomic E-state index is -1.59. The molecule has 0 aromatic heterocycles. The molecule has 1 fully saturated rings. The van der Waals surface area contributed by atoms with Crippen molar-refractivity contribution in [2.75, 3.05) is 40.6 Å². The lowest BCUT2D eigenvalue weighted by molar-refractivity contribution is -0.279. The number of carbonyl (C=O) groups excluding carboxylic acids is 4. The number of nitrogens with zero attached hydrogens (tertiary/aromatic N) is 1. The maximum Gasteiger partial charge on any atom is 0.347 e. The molecule has 0 spiro atoms. The van der Waals surface area contributed by atoms with Gasteiger partial charge in [-0.3, -0.25) is 19.3 Å². The first-order valence-electron chi connectivity index (χ1n) is 32.3. The van der Waals surface area contributed by atoms with Gasteiger partial charge in [0, 0.05) is 21.1 Å². The smallest absolute Gasteiger partial charge is 0.347 e. The van der Waals surface area contributed by atoms with Gasteiger partial charge < -0.3 is 43.6 Å². The molecule has 1 aromatic carbocycles. The van der Waals surface area contributed by atoms with Crippen molar-refractivity contribution < 1.29 is 57.4 Å². The minimum Gasteiger partial charge on any atom is -0.462 e. The van der Waals surface area contributed by atoms with Gasteiger partial charge in [0.05, 0.1) is 25.7 Å². The zero-order valence-electron chi connectivity index (χ0n) is 52.1. The van der Waals surface area contributed by atoms with Gasteiger partial charge in [-0.05, 0) is 51.4 Å². The van der Waals surface area contributed by atoms with Crippen LogP contribution in [-0.4, -0.2) is 125 Å². The third kappa shape index (κ3) is 38.0. The summed E-state index contributed by atoms with van der Waals surface area (Å²) < 4.78 is 43.1. The Morgan fingerprint density at radius 3 is 1.68 bits per heavy atom. The van der Waals surface area contributed by atoms with Crippen LogP contribution in [0.25, 0.3) is 0 Å². The molecule has 1 saturated heterocycles. The Hall–Kier alpha value is -2.92. The van der Waals surface area contributed by atoms with E-state index in [0.29, 0.717) is 25.9 Å². The summed E-state index contributed by atoms with van der Waals surface area (Å²) >= 11 is 0. The lowest BCUT2D eigenvalue weighted by Crippen LogP contribution is -2.66. The van der Waals surface area contributed by atoms with Crippen molar-refractivity contribution in [3.63, 3.8) is 0 Å². The third-order valence-corrected chi connectivity index (χ3v) is 16.8. The Bertz CT molecular complexity index is 1680. The summed E-state index contributed by atoms with van der Waals surface area (Å²) in [6.07, 6.45) is 27.8. The molecule has 2 N–H and O–H groups in total. The van der Waals surface area contributed by atoms with Crippen molar-refractivity contribution >= 4 is 31.9 Å². The van der Waals surface area contributed by atoms with Crippen LogP contribution < -0.4 is 5.32 Å². The summed E-state index contributed by atoms with van der Waals surface area (Å²) in [5, 5.41) is 15.3. The number of esters is 3. The van der Waals surface area contributed by atoms with Crippen LogP contribution >= 0.6 is 0 Å². The van der Waals surface area contributed by atoms with Crippen molar-refractivity contribution in [2.24, 2.45) is 0 Å². The molecule has 14 nitrogen and oxygen atoms in total. The number of ether oxygens (including phenoxy) is 7. The maximum atomic E-state index is 14.7. The Morgan fingerprint density at radius 1 is 0.662 bits per heavy atom. The minimum absolute atomic E-state index is 0.00924. The van der Waals surface area contributed by atoms with Gasteiger partial charge >= 0.3 is 17.9 Å². The van der Waals surface area contributed by atoms with Gasteiger partial charge in [0.15, 0.2) is 18.5 Å². The summed E-state index contributed by atoms with van der Waals surface area (Å²) in [6, 6.07) is 9.22. The second-order valence-electron chi connectivity index (χ2n) is 24.4. The van der Waals surface area contributed by atoms with Crippen LogP contribution in [0.5, 0.6) is 0 Å². The predicted molar refractivity (Wildman–Crippen MR) is 325 cm³/mol. The molecule has 1 amide bonds. The van der Waals surface area contributed by atoms with Crippen LogP contribution in [0.15, 0.2) is 30.3 Å². The highest BCUT2D eigenvalue weighted by molar-refractivity contribution is 6.76. The molecule has 7 atom stereocenters. The van der Waals surface area contributed by atoms with Crippen molar-refractivity contribution in [3.05, 3.63) is 35.9 Å². The largest absolute Gasteiger partial charge is 0.462 e. The van der Waals surface area contributed by atoms with E-state index in [-0.39, 0.29) is 45.8 Å². The third-order valence-electron chi connectivity index (χ3n) is 15.1. The number of carbonyl (C=O) groups is 4. The molecule has 1 heterocycles. The van der Waals surface area contributed by atoms with Crippen LogP contribution in [-0.2, 0) is 58.9 Å². The Labute approximate surface area is 488 Å². The van der Waals surface area contributed by atoms with Gasteiger partial charge in [0.25, 0.3) is 0 Å². The zero-order valence-corrected chi connectivity index (χ0v) is 53.1. The van der Waals surface area contributed by atoms with Crippen LogP contribution in [0, 0.1) is 0 Å². The van der Waals surface area contributed by atoms with E-state index in [2.05, 4.69) is 45.7 Å². The molecule has 0 saturated carbocycles. The number of likely N-dealkylation sites (N-methyl/N-ethyl adjacent to an activating group) is 1. The van der Waals surface area contributed by atoms with Crippen LogP contribution in [0.1, 0.15) is 245 Å². The van der Waals surface area contributed by atoms with E-state index in [1.165, 1.54) is 116 Å². The van der Waals surface area contributed by atoms with E-state index >= 15 is 0 Å². The molecule has 0 aliphatic carbocycles. The molecule has 1 aliphatic rings. The van der Waals surface area contributed by atoms with Crippen LogP contribution in [0.3, 0.4) is 0 Å². The number of aliphatic hydroxyl groups excluding tert-OH is 1. The number of benzene rings is 1. The fourth-order valence-electron chi connectivity index (χ4n) is 10.1. The Morgan fingerprint density at radius 2 is 1.16 bits per heavy atom. The van der Waals surface area contributed by atoms with Crippen molar-refractivity contribution in [1.82, 2.24) is 10.2 Å². The summed E-state index contributed by atoms with van der Waals surface area (Å²) in [5.74, 6) is -2.25. The monoisotopic (exact) mass is 1150 g/mol. The van der Waals surface area contributed by atoms with Crippen LogP contribution in [0.4, 0.5) is 0 Å². The van der Waals surface area contributed by atoms with Gasteiger partial charge in [-0.2, -0.15) is 0 Å². The van der Waals surface area contributed by atoms with E-state index in [9.17, 15) is 24.3 Å². The highest BCUT2D eigenvalue weighted by atomic mass is 28.3. The molecule has 1 aromatic rings. The van der Waals surface area contributed by atoms with E-state index in [1.54, 1.807) is 19.0 Å². The number of hydrogen-bond donors (Lipinski definition) is 2. The average molecular weight is 1150 g/mol. The fourth-order valence-corrected chi connectivity index (χ4v) is 10.8. The van der Waals surface area contributed by atoms with Crippen molar-refractivity contribution in [3.8, 4) is 0 Å². The lowest BCUT2D eigenvalue weighted by atomic mass is 9.95. The van der Waals surface area contributed by atoms with E-state index in [0.717, 1.165) is 75.8 Å². The number of hydrogen-bond acceptors (Lipinski definition) is 13. The summed E-state index contributed by atoms with van der Waals surface area (Å²) in [4.78, 5) is 57.3. The van der Waals surface area contributed by atoms with E-state index in [1.807, 2.05) is 30.3 Å². The van der Waals surface area contributed by atoms with Gasteiger partial charge in [-0.1, -0.05) is 251 Å². The number of aliphatic hydroxyl groups is 1. The average Bonchev–Trinajstić information content (AvgIpc) is 3.42. The number of amides is 1. The first kappa shape index (κ1) is 73.2. The normalized spacial score (nSPS) is 18.2. The maximum absolute atomic E-state index is 14.7. The summed E-state index contributed by atoms with van der Waals surface area (Å²) in [5.41, 5.74) is 0.819. The second-order valence-corrected chi connectivity index (χ2v) is 30.0. The standard InChI is InChI=1S/C65H118N2O12Si/c1-9-12-15-18-21-24-26-29-32-35-41-46-59(69)77-56(45-40-34-31-28-25-22-19-16-13-10-2)64(72)79-63-61(65(75-51-54-42-37-36-38-43-54)78-57(62(63)71)52-74-60(70)50-67(4)5)66-58(68)49-55(76-53-73-47-48-80(6,7)8)44-39-33-30-27-23-20-17-14-11-3/h36-38,42-43,55-57,61-63,65,71H,9-35,39-41,44-53H2,1-8H3,(H,66,68)/t55-,56?,57-,61-,62-,63-,65-/m1/s1. The number of rotatable bonds is 52. The van der Waals surface area contributed by atoms with E-state index < -0.39 is 74.7 Å². The SMILES string of the molecule is CCCCCCCCCCCCCC(=O)OC(CCCCCCCCCCCC)C(=O)O[C@H]1[C@H](O)[C@@H](COC(=O)CN(C)C)O[C@@H](OCc2ccccc2)[C@@H]1NC(=O)C[C@@H](CCCCCCCCCCC)OCOCC[Si](C)(C)C. The quantitative estimate of drug-likeness (QED) is 0.0208. The molecule has 0 bridgehead atoms. The van der Waals surface area contributed by atoms with Gasteiger partial charge in [0.2, 0.25) is 5.91 Å². The van der Waals surface area contributed by atoms with Crippen molar-refractivity contribution in [1.29, 1.82) is 0 Å². The number of unbranched alkanes of at least 4 members (excludes halogenated alkanes) is 27. The first-order chi connectivity index (χ1) is 38.7. The molecular formula is C65H118N2O12Si. The molecule has 1 unspecified atom stereocenters. The highest BCUT2D eigenvalue weighted by Crippen LogP contribution is 2.28. The molecule has 0 radical (unpaired) electrons. The topological polar surface area (TPSA) is 168 Å². The first-order valence-corrected chi connectivity index (χ1v) is 36.1. The molecule has 1 aliphatic heterocycles. The fraction of sp³-hybridized carbons (Fsp3) is 0.846. The second kappa shape index (κ2) is 47.4. The van der Waals surface area contributed by atoms with E-state index in [4.69, 9.17) is 33.2 Å². The molecule has 464 valence electrons. The van der Waals surface area contributed by atoms with Crippen LogP contribution in [0.2, 0.25) is 25.7 Å². The lowest BCUT2D eigenvalue weighted by Gasteiger charge is -2.44. The predicted octanol–water partition coefficient (Wildman–Crippen LogP) is 14.7. The van der Waals surface area contributed by atoms with Gasteiger partial charge in [-0.15, -0.1) is 0 Å². The molecule has 80 heavy (non-hydrogen) atoms. The van der Waals surface area contributed by atoms with Crippen molar-refractivity contribution in [2.45, 2.75) is 314 Å². The molecular weight excluding hydrogens is 1030 g/mol. The van der Waals surface area contributed by atoms with Gasteiger partial charge in [-0.25, -0.2) is 4.79 Å². The summed E-state index contributed by atoms with van der Waals surface area (Å²) in [7, 11) is 2.15.